The lowest BCUT2D eigenvalue weighted by Crippen LogP contribution is -2.40. The molecule has 0 saturated carbocycles. The van der Waals surface area contributed by atoms with Gasteiger partial charge in [-0.05, 0) is 19.3 Å². The van der Waals surface area contributed by atoms with Gasteiger partial charge in [0.25, 0.3) is 0 Å². The Balaban J connectivity index is 2.31. The fourth-order valence-corrected chi connectivity index (χ4v) is 0.991. The Kier molecular flexibility index (Phi) is 1.92. The summed E-state index contributed by atoms with van der Waals surface area (Å²) in [4.78, 5) is 1.89. The quantitative estimate of drug-likeness (QED) is 0.359. The molecular weight excluding hydrogens is 114 g/mol. The van der Waals surface area contributed by atoms with Crippen molar-refractivity contribution < 1.29 is 0 Å². The highest BCUT2D eigenvalue weighted by atomic mass is 15.2. The maximum Gasteiger partial charge on any atom is 0.188 e. The zero-order valence-corrected chi connectivity index (χ0v) is 5.43. The molecule has 0 bridgehead atoms. The Bertz CT molecular complexity index is 105. The molecule has 0 unspecified atom stereocenters. The molecule has 1 aliphatic heterocycles. The standard InChI is InChI=1S/C6H12N3/c7-6(8)9-4-2-1-3-5-9/h1H,2-5H2,(H3,7,8). The second-order valence-corrected chi connectivity index (χ2v) is 2.24. The van der Waals surface area contributed by atoms with E-state index in [0.717, 1.165) is 25.9 Å². The number of nitrogens with two attached hydrogens (primary N) is 1. The van der Waals surface area contributed by atoms with Crippen LogP contribution in [0.5, 0.6) is 0 Å². The molecule has 3 N–H and O–H groups in total. The molecule has 3 nitrogen and oxygen atoms in total. The minimum Gasteiger partial charge on any atom is -0.370 e. The molecule has 9 heavy (non-hydrogen) atoms. The minimum atomic E-state index is 0.211. The van der Waals surface area contributed by atoms with Crippen molar-refractivity contribution in [2.24, 2.45) is 5.73 Å². The van der Waals surface area contributed by atoms with Gasteiger partial charge in [-0.15, -0.1) is 0 Å². The SMILES string of the molecule is N=C(N)N1CC[CH]CC1. The third kappa shape index (κ3) is 1.59. The third-order valence-electron chi connectivity index (χ3n) is 1.55. The van der Waals surface area contributed by atoms with Crippen molar-refractivity contribution in [2.45, 2.75) is 12.8 Å². The molecule has 0 spiro atoms. The summed E-state index contributed by atoms with van der Waals surface area (Å²) in [7, 11) is 0. The van der Waals surface area contributed by atoms with Gasteiger partial charge in [-0.3, -0.25) is 5.41 Å². The molecule has 51 valence electrons. The normalized spacial score (nSPS) is 19.8. The van der Waals surface area contributed by atoms with Crippen LogP contribution in [-0.2, 0) is 0 Å². The summed E-state index contributed by atoms with van der Waals surface area (Å²) in [6.07, 6.45) is 4.37. The second-order valence-electron chi connectivity index (χ2n) is 2.24. The molecule has 1 fully saturated rings. The van der Waals surface area contributed by atoms with Crippen molar-refractivity contribution in [2.75, 3.05) is 13.1 Å². The van der Waals surface area contributed by atoms with E-state index in [1.165, 1.54) is 0 Å². The van der Waals surface area contributed by atoms with Crippen LogP contribution in [0.1, 0.15) is 12.8 Å². The van der Waals surface area contributed by atoms with E-state index in [2.05, 4.69) is 6.42 Å². The number of nitrogens with zero attached hydrogens (tertiary/aromatic N) is 1. The monoisotopic (exact) mass is 126 g/mol. The summed E-state index contributed by atoms with van der Waals surface area (Å²) in [5.41, 5.74) is 5.26. The van der Waals surface area contributed by atoms with Crippen molar-refractivity contribution in [1.29, 1.82) is 5.41 Å². The molecule has 1 radical (unpaired) electrons. The average molecular weight is 126 g/mol. The second kappa shape index (κ2) is 2.71. The summed E-state index contributed by atoms with van der Waals surface area (Å²) in [5.74, 6) is 0.211. The van der Waals surface area contributed by atoms with Gasteiger partial charge in [0.15, 0.2) is 5.96 Å². The van der Waals surface area contributed by atoms with E-state index in [-0.39, 0.29) is 5.96 Å². The van der Waals surface area contributed by atoms with Crippen LogP contribution >= 0.6 is 0 Å². The first-order valence-electron chi connectivity index (χ1n) is 3.21. The molecule has 0 atom stereocenters. The van der Waals surface area contributed by atoms with Gasteiger partial charge in [0.1, 0.15) is 0 Å². The van der Waals surface area contributed by atoms with E-state index in [1.54, 1.807) is 0 Å². The highest BCUT2D eigenvalue weighted by Gasteiger charge is 2.09. The van der Waals surface area contributed by atoms with Crippen molar-refractivity contribution in [3.63, 3.8) is 0 Å². The van der Waals surface area contributed by atoms with Crippen LogP contribution < -0.4 is 5.73 Å². The fraction of sp³-hybridized carbons (Fsp3) is 0.667. The topological polar surface area (TPSA) is 53.1 Å². The Morgan fingerprint density at radius 2 is 2.00 bits per heavy atom. The Morgan fingerprint density at radius 3 is 2.33 bits per heavy atom. The van der Waals surface area contributed by atoms with Crippen molar-refractivity contribution in [3.05, 3.63) is 6.42 Å². The van der Waals surface area contributed by atoms with Crippen LogP contribution in [0.25, 0.3) is 0 Å². The Labute approximate surface area is 55.3 Å². The molecule has 0 aromatic heterocycles. The van der Waals surface area contributed by atoms with Crippen LogP contribution in [0.3, 0.4) is 0 Å². The summed E-state index contributed by atoms with van der Waals surface area (Å²) in [5, 5.41) is 7.08. The number of rotatable bonds is 0. The summed E-state index contributed by atoms with van der Waals surface area (Å²) < 4.78 is 0. The van der Waals surface area contributed by atoms with E-state index >= 15 is 0 Å². The molecule has 1 saturated heterocycles. The van der Waals surface area contributed by atoms with Gasteiger partial charge < -0.3 is 10.6 Å². The van der Waals surface area contributed by atoms with E-state index in [4.69, 9.17) is 11.1 Å². The molecule has 0 aromatic carbocycles. The number of piperidine rings is 1. The lowest BCUT2D eigenvalue weighted by atomic mass is 10.1. The first kappa shape index (κ1) is 6.39. The highest BCUT2D eigenvalue weighted by molar-refractivity contribution is 5.74. The maximum atomic E-state index is 7.08. The number of nitrogens with one attached hydrogen (secondary N) is 1. The lowest BCUT2D eigenvalue weighted by molar-refractivity contribution is 0.379. The lowest BCUT2D eigenvalue weighted by Gasteiger charge is -2.26. The minimum absolute atomic E-state index is 0.211. The van der Waals surface area contributed by atoms with Gasteiger partial charge >= 0.3 is 0 Å². The smallest absolute Gasteiger partial charge is 0.188 e. The first-order valence-corrected chi connectivity index (χ1v) is 3.21. The molecule has 1 aliphatic rings. The molecule has 3 heteroatoms. The van der Waals surface area contributed by atoms with Crippen molar-refractivity contribution in [3.8, 4) is 0 Å². The number of likely N-dealkylation sites (tertiary alicyclic amines) is 1. The maximum absolute atomic E-state index is 7.08. The van der Waals surface area contributed by atoms with Crippen molar-refractivity contribution >= 4 is 5.96 Å². The molecule has 0 aliphatic carbocycles. The van der Waals surface area contributed by atoms with E-state index in [9.17, 15) is 0 Å². The molecule has 0 aromatic rings. The number of hydrogen-bond donors (Lipinski definition) is 2. The number of guanidine groups is 1. The number of hydrogen-bond acceptors (Lipinski definition) is 1. The zero-order chi connectivity index (χ0) is 6.69. The van der Waals surface area contributed by atoms with Crippen LogP contribution in [0.2, 0.25) is 0 Å². The molecule has 0 amide bonds. The predicted octanol–water partition coefficient (Wildman–Crippen LogP) is 0.180. The van der Waals surface area contributed by atoms with E-state index in [1.807, 2.05) is 4.90 Å². The molecule has 1 rings (SSSR count). The molecule has 1 heterocycles. The van der Waals surface area contributed by atoms with Gasteiger partial charge in [0, 0.05) is 13.1 Å². The molecular formula is C6H12N3. The van der Waals surface area contributed by atoms with Crippen LogP contribution in [0, 0.1) is 11.8 Å². The van der Waals surface area contributed by atoms with Crippen LogP contribution in [0.4, 0.5) is 0 Å². The summed E-state index contributed by atoms with van der Waals surface area (Å²) in [6.45, 7) is 1.85. The van der Waals surface area contributed by atoms with Crippen LogP contribution in [0.15, 0.2) is 0 Å². The van der Waals surface area contributed by atoms with E-state index < -0.39 is 0 Å². The third-order valence-corrected chi connectivity index (χ3v) is 1.55. The summed E-state index contributed by atoms with van der Waals surface area (Å²) in [6, 6.07) is 0. The van der Waals surface area contributed by atoms with Gasteiger partial charge in [-0.25, -0.2) is 0 Å². The van der Waals surface area contributed by atoms with Crippen molar-refractivity contribution in [1.82, 2.24) is 4.90 Å². The van der Waals surface area contributed by atoms with Gasteiger partial charge in [0.2, 0.25) is 0 Å². The Hall–Kier alpha value is -0.730. The predicted molar refractivity (Wildman–Crippen MR) is 37.0 cm³/mol. The van der Waals surface area contributed by atoms with Gasteiger partial charge in [-0.2, -0.15) is 0 Å². The average Bonchev–Trinajstić information content (AvgIpc) is 1.90. The largest absolute Gasteiger partial charge is 0.370 e. The van der Waals surface area contributed by atoms with Gasteiger partial charge in [0.05, 0.1) is 0 Å². The highest BCUT2D eigenvalue weighted by Crippen LogP contribution is 2.05. The fourth-order valence-electron chi connectivity index (χ4n) is 0.991. The van der Waals surface area contributed by atoms with E-state index in [0.29, 0.717) is 0 Å². The van der Waals surface area contributed by atoms with Gasteiger partial charge in [-0.1, -0.05) is 0 Å². The summed E-state index contributed by atoms with van der Waals surface area (Å²) >= 11 is 0. The zero-order valence-electron chi connectivity index (χ0n) is 5.43. The van der Waals surface area contributed by atoms with Crippen LogP contribution in [-0.4, -0.2) is 23.9 Å². The Morgan fingerprint density at radius 1 is 1.44 bits per heavy atom. The first-order chi connectivity index (χ1) is 4.30.